The number of hydrogen-bond donors (Lipinski definition) is 1. The number of allylic oxidation sites excluding steroid dienone is 8. The van der Waals surface area contributed by atoms with Crippen LogP contribution in [-0.2, 0) is 33.3 Å². The number of unbranched alkanes of at least 4 members (excludes halogenated alkanes) is 64. The highest BCUT2D eigenvalue weighted by atomic mass is 16.7. The maximum absolute atomic E-state index is 13.0. The van der Waals surface area contributed by atoms with Gasteiger partial charge >= 0.3 is 17.9 Å². The van der Waals surface area contributed by atoms with Gasteiger partial charge in [-0.1, -0.05) is 435 Å². The van der Waals surface area contributed by atoms with E-state index in [4.69, 9.17) is 18.9 Å². The van der Waals surface area contributed by atoms with Crippen LogP contribution in [0, 0.1) is 0 Å². The van der Waals surface area contributed by atoms with Crippen molar-refractivity contribution >= 4 is 17.9 Å². The Bertz CT molecular complexity index is 1840. The predicted molar refractivity (Wildman–Crippen MR) is 447 cm³/mol. The molecule has 9 nitrogen and oxygen atoms in total. The first-order chi connectivity index (χ1) is 50.6. The molecule has 0 aliphatic heterocycles. The minimum absolute atomic E-state index is 0.175. The summed E-state index contributed by atoms with van der Waals surface area (Å²) in [7, 11) is 6.01. The highest BCUT2D eigenvalue weighted by molar-refractivity contribution is 5.71. The van der Waals surface area contributed by atoms with Crippen molar-refractivity contribution in [3.8, 4) is 0 Å². The van der Waals surface area contributed by atoms with E-state index in [9.17, 15) is 19.5 Å². The fourth-order valence-corrected chi connectivity index (χ4v) is 14.1. The Hall–Kier alpha value is -2.75. The minimum atomic E-state index is -1.51. The summed E-state index contributed by atoms with van der Waals surface area (Å²) in [6.45, 7) is 4.94. The third-order valence-corrected chi connectivity index (χ3v) is 21.1. The third-order valence-electron chi connectivity index (χ3n) is 21.1. The maximum atomic E-state index is 13.0. The number of ether oxygens (including phenoxy) is 4. The predicted octanol–water partition coefficient (Wildman–Crippen LogP) is 29.9. The summed E-state index contributed by atoms with van der Waals surface area (Å²) in [6.07, 6.45) is 110. The van der Waals surface area contributed by atoms with Crippen LogP contribution in [0.3, 0.4) is 0 Å². The van der Waals surface area contributed by atoms with Crippen molar-refractivity contribution < 1.29 is 42.9 Å². The number of carbonyl (C=O) groups is 3. The molecule has 0 aliphatic carbocycles. The molecule has 0 aromatic carbocycles. The van der Waals surface area contributed by atoms with E-state index in [0.29, 0.717) is 17.4 Å². The van der Waals surface area contributed by atoms with Crippen LogP contribution in [0.1, 0.15) is 476 Å². The van der Waals surface area contributed by atoms with Crippen molar-refractivity contribution in [2.75, 3.05) is 47.5 Å². The topological polar surface area (TPSA) is 108 Å². The molecule has 2 unspecified atom stereocenters. The van der Waals surface area contributed by atoms with E-state index < -0.39 is 18.4 Å². The Morgan fingerprint density at radius 3 is 0.767 bits per heavy atom. The van der Waals surface area contributed by atoms with E-state index in [2.05, 4.69) is 62.5 Å². The highest BCUT2D eigenvalue weighted by Gasteiger charge is 2.25. The van der Waals surface area contributed by atoms with Crippen molar-refractivity contribution in [2.24, 2.45) is 0 Å². The maximum Gasteiger partial charge on any atom is 0.361 e. The van der Waals surface area contributed by atoms with Gasteiger partial charge in [-0.3, -0.25) is 9.59 Å². The van der Waals surface area contributed by atoms with E-state index in [1.165, 1.54) is 398 Å². The van der Waals surface area contributed by atoms with Gasteiger partial charge in [0, 0.05) is 12.8 Å². The molecule has 9 heteroatoms. The van der Waals surface area contributed by atoms with Gasteiger partial charge in [-0.25, -0.2) is 4.79 Å². The fourth-order valence-electron chi connectivity index (χ4n) is 14.1. The molecular formula is C94H178NO8+. The molecule has 0 spiro atoms. The van der Waals surface area contributed by atoms with Crippen LogP contribution in [0.2, 0.25) is 0 Å². The normalized spacial score (nSPS) is 12.7. The van der Waals surface area contributed by atoms with Gasteiger partial charge in [-0.15, -0.1) is 0 Å². The second kappa shape index (κ2) is 84.9. The molecule has 0 fully saturated rings. The lowest BCUT2D eigenvalue weighted by molar-refractivity contribution is -0.870. The summed E-state index contributed by atoms with van der Waals surface area (Å²) in [5, 5.41) is 9.80. The van der Waals surface area contributed by atoms with E-state index in [1.807, 2.05) is 21.1 Å². The van der Waals surface area contributed by atoms with Crippen molar-refractivity contribution in [3.05, 3.63) is 48.6 Å². The van der Waals surface area contributed by atoms with Crippen LogP contribution in [0.4, 0.5) is 0 Å². The largest absolute Gasteiger partial charge is 0.477 e. The van der Waals surface area contributed by atoms with Crippen LogP contribution < -0.4 is 0 Å². The molecular weight excluding hydrogens is 1270 g/mol. The van der Waals surface area contributed by atoms with Crippen LogP contribution in [0.5, 0.6) is 0 Å². The zero-order valence-electron chi connectivity index (χ0n) is 69.8. The molecule has 0 heterocycles. The Balaban J connectivity index is 3.88. The zero-order chi connectivity index (χ0) is 74.6. The summed E-state index contributed by atoms with van der Waals surface area (Å²) in [4.78, 5) is 37.8. The highest BCUT2D eigenvalue weighted by Crippen LogP contribution is 2.21. The van der Waals surface area contributed by atoms with Crippen molar-refractivity contribution in [1.29, 1.82) is 0 Å². The van der Waals surface area contributed by atoms with Gasteiger partial charge in [0.05, 0.1) is 34.4 Å². The zero-order valence-corrected chi connectivity index (χ0v) is 69.8. The first-order valence-electron chi connectivity index (χ1n) is 45.8. The number of rotatable bonds is 87. The number of esters is 2. The molecule has 0 aliphatic rings. The van der Waals surface area contributed by atoms with Crippen molar-refractivity contribution in [1.82, 2.24) is 0 Å². The summed E-state index contributed by atoms with van der Waals surface area (Å²) >= 11 is 0. The lowest BCUT2D eigenvalue weighted by atomic mass is 10.0. The molecule has 103 heavy (non-hydrogen) atoms. The van der Waals surface area contributed by atoms with Gasteiger partial charge in [0.1, 0.15) is 13.2 Å². The summed E-state index contributed by atoms with van der Waals surface area (Å²) in [5.41, 5.74) is 0. The molecule has 1 N–H and O–H groups in total. The number of likely N-dealkylation sites (N-methyl/N-ethyl adjacent to an activating group) is 1. The molecule has 0 saturated heterocycles. The average Bonchev–Trinajstić information content (AvgIpc) is 1.01. The second-order valence-corrected chi connectivity index (χ2v) is 32.6. The second-order valence-electron chi connectivity index (χ2n) is 32.6. The molecule has 0 radical (unpaired) electrons. The quantitative estimate of drug-likeness (QED) is 0.0211. The average molecular weight is 1450 g/mol. The molecule has 0 aromatic heterocycles. The lowest BCUT2D eigenvalue weighted by Gasteiger charge is -2.25. The molecule has 606 valence electrons. The number of nitrogens with zero attached hydrogens (tertiary/aromatic N) is 1. The molecule has 0 saturated carbocycles. The monoisotopic (exact) mass is 1450 g/mol. The van der Waals surface area contributed by atoms with Crippen molar-refractivity contribution in [3.63, 3.8) is 0 Å². The van der Waals surface area contributed by atoms with Crippen LogP contribution in [-0.4, -0.2) is 87.4 Å². The number of carbonyl (C=O) groups excluding carboxylic acids is 2. The minimum Gasteiger partial charge on any atom is -0.477 e. The molecule has 0 rings (SSSR count). The smallest absolute Gasteiger partial charge is 0.361 e. The number of aliphatic carboxylic acids is 1. The lowest BCUT2D eigenvalue weighted by Crippen LogP contribution is -2.40. The fraction of sp³-hybridized carbons (Fsp3) is 0.883. The number of hydrogen-bond acceptors (Lipinski definition) is 7. The van der Waals surface area contributed by atoms with E-state index in [-0.39, 0.29) is 38.2 Å². The van der Waals surface area contributed by atoms with Crippen molar-refractivity contribution in [2.45, 2.75) is 489 Å². The molecule has 0 bridgehead atoms. The number of carboxylic acid groups (broad SMARTS) is 1. The standard InChI is InChI=1S/C94H177NO8/c1-6-8-10-12-14-16-18-20-22-24-26-28-30-32-34-36-38-40-42-44-45-46-47-49-51-53-55-57-59-61-63-65-67-69-71-73-75-77-79-81-83-85-92(97)103-90(89-102-94(93(98)99)100-87-86-95(3,4)5)88-101-91(96)84-82-80-78-76-74-72-70-68-66-64-62-60-58-56-54-52-50-48-43-41-39-37-35-33-31-29-27-25-23-21-19-17-15-13-11-9-7-2/h18-21,24-27,90,94H,6-17,22-23,28-89H2,1-5H3/p+1/b20-18-,21-19-,26-24-,27-25-. The summed E-state index contributed by atoms with van der Waals surface area (Å²) < 4.78 is 23.1. The van der Waals surface area contributed by atoms with Gasteiger partial charge in [-0.05, 0) is 77.0 Å². The van der Waals surface area contributed by atoms with Gasteiger partial charge in [0.25, 0.3) is 6.29 Å². The van der Waals surface area contributed by atoms with Crippen LogP contribution in [0.15, 0.2) is 48.6 Å². The Labute approximate surface area is 642 Å². The first kappa shape index (κ1) is 100. The Morgan fingerprint density at radius 2 is 0.524 bits per heavy atom. The van der Waals surface area contributed by atoms with Gasteiger partial charge < -0.3 is 28.5 Å². The van der Waals surface area contributed by atoms with Gasteiger partial charge in [-0.2, -0.15) is 0 Å². The van der Waals surface area contributed by atoms with Crippen LogP contribution >= 0.6 is 0 Å². The van der Waals surface area contributed by atoms with Gasteiger partial charge in [0.2, 0.25) is 0 Å². The Kier molecular flexibility index (Phi) is 82.6. The number of carboxylic acids is 1. The van der Waals surface area contributed by atoms with E-state index in [0.717, 1.165) is 51.4 Å². The number of quaternary nitrogens is 1. The third kappa shape index (κ3) is 86.4. The summed E-state index contributed by atoms with van der Waals surface area (Å²) in [5.74, 6) is -1.97. The van der Waals surface area contributed by atoms with Crippen LogP contribution in [0.25, 0.3) is 0 Å². The molecule has 0 aromatic rings. The Morgan fingerprint density at radius 1 is 0.291 bits per heavy atom. The molecule has 2 atom stereocenters. The first-order valence-corrected chi connectivity index (χ1v) is 45.8. The SMILES string of the molecule is CCCCCCC/C=C\C/C=C\CCCCCCCCCCCCCCCCCCCCCCCCCCCCCCCC(=O)OC(COC(=O)CCCCCCCCCCCCCCCCCCCCCCCCCCC/C=C\C/C=C\CCCCCCC)COC(OCC[N+](C)(C)C)C(=O)O. The van der Waals surface area contributed by atoms with E-state index >= 15 is 0 Å². The van der Waals surface area contributed by atoms with Gasteiger partial charge in [0.15, 0.2) is 6.10 Å². The summed E-state index contributed by atoms with van der Waals surface area (Å²) in [6, 6.07) is 0. The van der Waals surface area contributed by atoms with E-state index in [1.54, 1.807) is 0 Å². The molecule has 0 amide bonds.